The first kappa shape index (κ1) is 20.5. The van der Waals surface area contributed by atoms with Crippen LogP contribution >= 0.6 is 0 Å². The molecule has 3 aromatic rings. The zero-order valence-corrected chi connectivity index (χ0v) is 17.8. The molecule has 0 aliphatic carbocycles. The summed E-state index contributed by atoms with van der Waals surface area (Å²) in [5.41, 5.74) is 2.49. The molecule has 0 bridgehead atoms. The van der Waals surface area contributed by atoms with Crippen LogP contribution in [0.4, 0.5) is 0 Å². The van der Waals surface area contributed by atoms with Crippen LogP contribution in [0.1, 0.15) is 37.3 Å². The Morgan fingerprint density at radius 1 is 1.07 bits per heavy atom. The van der Waals surface area contributed by atoms with E-state index in [-0.39, 0.29) is 5.91 Å². The fraction of sp³-hybridized carbons (Fsp3) is 0.385. The number of carbonyl (C=O) groups is 1. The number of pyridine rings is 1. The van der Waals surface area contributed by atoms with Gasteiger partial charge in [-0.15, -0.1) is 0 Å². The van der Waals surface area contributed by atoms with Gasteiger partial charge in [-0.3, -0.25) is 14.7 Å². The zero-order valence-electron chi connectivity index (χ0n) is 17.8. The van der Waals surface area contributed by atoms with E-state index < -0.39 is 0 Å². The molecule has 1 amide bonds. The molecule has 2 aromatic carbocycles. The van der Waals surface area contributed by atoms with Crippen molar-refractivity contribution in [1.29, 1.82) is 0 Å². The number of nitrogens with zero attached hydrogens (tertiary/aromatic N) is 2. The van der Waals surface area contributed by atoms with Gasteiger partial charge in [-0.25, -0.2) is 0 Å². The smallest absolute Gasteiger partial charge is 0.220 e. The van der Waals surface area contributed by atoms with Crippen molar-refractivity contribution in [3.8, 4) is 0 Å². The fourth-order valence-electron chi connectivity index (χ4n) is 4.73. The van der Waals surface area contributed by atoms with E-state index in [1.165, 1.54) is 21.9 Å². The van der Waals surface area contributed by atoms with Crippen molar-refractivity contribution in [3.05, 3.63) is 78.1 Å². The van der Waals surface area contributed by atoms with E-state index >= 15 is 0 Å². The predicted molar refractivity (Wildman–Crippen MR) is 122 cm³/mol. The lowest BCUT2D eigenvalue weighted by Gasteiger charge is -2.38. The topological polar surface area (TPSA) is 45.2 Å². The molecular weight excluding hydrogens is 370 g/mol. The summed E-state index contributed by atoms with van der Waals surface area (Å²) in [5, 5.41) is 5.61. The van der Waals surface area contributed by atoms with Gasteiger partial charge < -0.3 is 5.32 Å². The van der Waals surface area contributed by atoms with Gasteiger partial charge in [-0.2, -0.15) is 0 Å². The zero-order chi connectivity index (χ0) is 20.8. The van der Waals surface area contributed by atoms with Crippen molar-refractivity contribution >= 4 is 16.7 Å². The Morgan fingerprint density at radius 3 is 2.70 bits per heavy atom. The highest BCUT2D eigenvalue weighted by atomic mass is 16.1. The number of rotatable bonds is 7. The molecule has 1 fully saturated rings. The highest BCUT2D eigenvalue weighted by Gasteiger charge is 2.29. The molecule has 4 heteroatoms. The third-order valence-corrected chi connectivity index (χ3v) is 6.46. The first-order valence-corrected chi connectivity index (χ1v) is 11.1. The lowest BCUT2D eigenvalue weighted by molar-refractivity contribution is -0.123. The molecule has 0 spiro atoms. The van der Waals surface area contributed by atoms with Crippen LogP contribution in [0.5, 0.6) is 0 Å². The second kappa shape index (κ2) is 9.86. The lowest BCUT2D eigenvalue weighted by Crippen LogP contribution is -2.41. The van der Waals surface area contributed by atoms with E-state index in [1.54, 1.807) is 0 Å². The average molecular weight is 402 g/mol. The van der Waals surface area contributed by atoms with Gasteiger partial charge in [0.2, 0.25) is 5.91 Å². The number of benzene rings is 2. The van der Waals surface area contributed by atoms with Gasteiger partial charge in [0, 0.05) is 38.4 Å². The molecule has 1 aromatic heterocycles. The highest BCUT2D eigenvalue weighted by molar-refractivity contribution is 5.86. The maximum atomic E-state index is 12.7. The van der Waals surface area contributed by atoms with Crippen LogP contribution < -0.4 is 5.32 Å². The number of piperidine rings is 1. The first-order valence-electron chi connectivity index (χ1n) is 11.1. The maximum Gasteiger partial charge on any atom is 0.220 e. The molecule has 30 heavy (non-hydrogen) atoms. The second-order valence-electron chi connectivity index (χ2n) is 8.43. The minimum Gasteiger partial charge on any atom is -0.352 e. The van der Waals surface area contributed by atoms with E-state index in [1.807, 2.05) is 12.4 Å². The number of fused-ring (bicyclic) bond motifs is 1. The molecule has 2 heterocycles. The Morgan fingerprint density at radius 2 is 1.87 bits per heavy atom. The van der Waals surface area contributed by atoms with E-state index in [0.717, 1.165) is 32.5 Å². The Kier molecular flexibility index (Phi) is 6.75. The van der Waals surface area contributed by atoms with Gasteiger partial charge in [-0.1, -0.05) is 55.8 Å². The summed E-state index contributed by atoms with van der Waals surface area (Å²) in [6.45, 7) is 5.94. The molecule has 156 valence electrons. The maximum absolute atomic E-state index is 12.7. The second-order valence-corrected chi connectivity index (χ2v) is 8.43. The standard InChI is InChI=1S/C26H31N3O/c1-2-21-19-29(18-20-10-13-27-14-11-20)15-12-23(21)16-26(30)28-17-24-8-5-7-22-6-3-4-9-25(22)24/h3-11,13-14,21,23H,2,12,15-19H2,1H3,(H,28,30)/t21-,23+/m1/s1. The van der Waals surface area contributed by atoms with E-state index in [4.69, 9.17) is 0 Å². The van der Waals surface area contributed by atoms with Crippen LogP contribution in [0.15, 0.2) is 67.0 Å². The van der Waals surface area contributed by atoms with Gasteiger partial charge in [0.25, 0.3) is 0 Å². The number of amides is 1. The summed E-state index contributed by atoms with van der Waals surface area (Å²) >= 11 is 0. The Labute approximate surface area is 179 Å². The molecule has 0 unspecified atom stereocenters. The lowest BCUT2D eigenvalue weighted by atomic mass is 9.81. The molecule has 4 nitrogen and oxygen atoms in total. The third kappa shape index (κ3) is 5.06. The molecule has 4 rings (SSSR count). The van der Waals surface area contributed by atoms with Crippen molar-refractivity contribution < 1.29 is 4.79 Å². The minimum absolute atomic E-state index is 0.175. The molecule has 1 aliphatic rings. The minimum atomic E-state index is 0.175. The van der Waals surface area contributed by atoms with Gasteiger partial charge in [0.1, 0.15) is 0 Å². The van der Waals surface area contributed by atoms with Crippen LogP contribution in [-0.2, 0) is 17.9 Å². The van der Waals surface area contributed by atoms with Gasteiger partial charge in [-0.05, 0) is 58.8 Å². The summed E-state index contributed by atoms with van der Waals surface area (Å²) in [7, 11) is 0. The van der Waals surface area contributed by atoms with Crippen LogP contribution in [-0.4, -0.2) is 28.9 Å². The van der Waals surface area contributed by atoms with Gasteiger partial charge in [0.15, 0.2) is 0 Å². The Hall–Kier alpha value is -2.72. The van der Waals surface area contributed by atoms with Crippen molar-refractivity contribution in [1.82, 2.24) is 15.2 Å². The number of carbonyl (C=O) groups excluding carboxylic acids is 1. The number of nitrogens with one attached hydrogen (secondary N) is 1. The largest absolute Gasteiger partial charge is 0.352 e. The number of aromatic nitrogens is 1. The first-order chi connectivity index (χ1) is 14.7. The highest BCUT2D eigenvalue weighted by Crippen LogP contribution is 2.30. The monoisotopic (exact) mass is 401 g/mol. The van der Waals surface area contributed by atoms with Crippen molar-refractivity contribution in [2.75, 3.05) is 13.1 Å². The van der Waals surface area contributed by atoms with Crippen LogP contribution in [0, 0.1) is 11.8 Å². The predicted octanol–water partition coefficient (Wildman–Crippen LogP) is 4.79. The molecule has 2 atom stereocenters. The summed E-state index contributed by atoms with van der Waals surface area (Å²) in [6, 6.07) is 18.8. The van der Waals surface area contributed by atoms with Crippen molar-refractivity contribution in [2.24, 2.45) is 11.8 Å². The van der Waals surface area contributed by atoms with E-state index in [9.17, 15) is 4.79 Å². The molecule has 1 saturated heterocycles. The molecule has 1 aliphatic heterocycles. The Bertz CT molecular complexity index is 967. The van der Waals surface area contributed by atoms with Gasteiger partial charge >= 0.3 is 0 Å². The molecular formula is C26H31N3O. The van der Waals surface area contributed by atoms with E-state index in [2.05, 4.69) is 76.7 Å². The van der Waals surface area contributed by atoms with E-state index in [0.29, 0.717) is 24.8 Å². The third-order valence-electron chi connectivity index (χ3n) is 6.46. The average Bonchev–Trinajstić information content (AvgIpc) is 2.79. The molecule has 1 N–H and O–H groups in total. The van der Waals surface area contributed by atoms with Gasteiger partial charge in [0.05, 0.1) is 0 Å². The SMILES string of the molecule is CC[C@@H]1CN(Cc2ccncc2)CC[C@H]1CC(=O)NCc1cccc2ccccc12. The number of hydrogen-bond donors (Lipinski definition) is 1. The number of hydrogen-bond acceptors (Lipinski definition) is 3. The summed E-state index contributed by atoms with van der Waals surface area (Å²) in [5.74, 6) is 1.22. The number of likely N-dealkylation sites (tertiary alicyclic amines) is 1. The van der Waals surface area contributed by atoms with Crippen LogP contribution in [0.2, 0.25) is 0 Å². The Balaban J connectivity index is 1.30. The summed E-state index contributed by atoms with van der Waals surface area (Å²) in [6.07, 6.45) is 6.56. The summed E-state index contributed by atoms with van der Waals surface area (Å²) < 4.78 is 0. The van der Waals surface area contributed by atoms with Crippen molar-refractivity contribution in [3.63, 3.8) is 0 Å². The molecule has 0 saturated carbocycles. The van der Waals surface area contributed by atoms with Crippen LogP contribution in [0.25, 0.3) is 10.8 Å². The normalized spacial score (nSPS) is 19.6. The quantitative estimate of drug-likeness (QED) is 0.619. The molecule has 0 radical (unpaired) electrons. The fourth-order valence-corrected chi connectivity index (χ4v) is 4.73. The summed E-state index contributed by atoms with van der Waals surface area (Å²) in [4.78, 5) is 19.4. The van der Waals surface area contributed by atoms with Crippen molar-refractivity contribution in [2.45, 2.75) is 39.3 Å². The van der Waals surface area contributed by atoms with Crippen LogP contribution in [0.3, 0.4) is 0 Å².